The lowest BCUT2D eigenvalue weighted by atomic mass is 10.2. The Bertz CT molecular complexity index is 840. The summed E-state index contributed by atoms with van der Waals surface area (Å²) in [5.41, 5.74) is 5.11. The Morgan fingerprint density at radius 2 is 1.78 bits per heavy atom. The van der Waals surface area contributed by atoms with E-state index in [2.05, 4.69) is 37.0 Å². The van der Waals surface area contributed by atoms with E-state index in [1.54, 1.807) is 11.5 Å². The van der Waals surface area contributed by atoms with Crippen LogP contribution in [0.5, 0.6) is 0 Å². The Kier molecular flexibility index (Phi) is 4.94. The molecule has 0 fully saturated rings. The van der Waals surface area contributed by atoms with Crippen LogP contribution in [0, 0.1) is 22.0 Å². The molecular formula is C12H4Br2F3N5S. The molecule has 0 spiro atoms. The molecule has 0 unspecified atom stereocenters. The number of benzene rings is 1. The number of nitrogens with two attached hydrogens (primary N) is 1. The van der Waals surface area contributed by atoms with Crippen molar-refractivity contribution in [1.82, 2.24) is 9.78 Å². The molecule has 0 bridgehead atoms. The van der Waals surface area contributed by atoms with Gasteiger partial charge in [0.1, 0.15) is 22.2 Å². The number of thiocyanates is 1. The second kappa shape index (κ2) is 6.43. The van der Waals surface area contributed by atoms with Crippen molar-refractivity contribution in [3.8, 4) is 17.2 Å². The van der Waals surface area contributed by atoms with Crippen molar-refractivity contribution in [2.24, 2.45) is 0 Å². The number of anilines is 1. The molecule has 2 aromatic rings. The normalized spacial score (nSPS) is 11.1. The third-order valence-corrected chi connectivity index (χ3v) is 4.59. The highest BCUT2D eigenvalue weighted by atomic mass is 79.9. The van der Waals surface area contributed by atoms with Crippen molar-refractivity contribution < 1.29 is 13.2 Å². The van der Waals surface area contributed by atoms with Gasteiger partial charge in [-0.2, -0.15) is 28.8 Å². The molecule has 0 aliphatic rings. The van der Waals surface area contributed by atoms with E-state index in [-0.39, 0.29) is 31.0 Å². The Hall–Kier alpha value is -1.69. The van der Waals surface area contributed by atoms with Crippen molar-refractivity contribution in [1.29, 1.82) is 10.5 Å². The predicted molar refractivity (Wildman–Crippen MR) is 84.6 cm³/mol. The second-order valence-electron chi connectivity index (χ2n) is 4.07. The van der Waals surface area contributed by atoms with Gasteiger partial charge >= 0.3 is 6.18 Å². The first kappa shape index (κ1) is 17.7. The number of aromatic nitrogens is 2. The van der Waals surface area contributed by atoms with Crippen LogP contribution in [-0.2, 0) is 6.18 Å². The van der Waals surface area contributed by atoms with Gasteiger partial charge in [-0.15, -0.1) is 0 Å². The van der Waals surface area contributed by atoms with E-state index >= 15 is 0 Å². The summed E-state index contributed by atoms with van der Waals surface area (Å²) in [4.78, 5) is 0.147. The monoisotopic (exact) mass is 465 g/mol. The quantitative estimate of drug-likeness (QED) is 0.521. The van der Waals surface area contributed by atoms with Gasteiger partial charge in [0.2, 0.25) is 0 Å². The zero-order chi connectivity index (χ0) is 17.4. The molecule has 0 saturated carbocycles. The van der Waals surface area contributed by atoms with Crippen LogP contribution < -0.4 is 5.73 Å². The van der Waals surface area contributed by atoms with Crippen LogP contribution in [0.1, 0.15) is 11.3 Å². The highest BCUT2D eigenvalue weighted by molar-refractivity contribution is 9.11. The SMILES string of the molecule is N#CSc1c(C#N)nn(-c2c(Br)cc(C(F)(F)F)cc2Br)c1N. The van der Waals surface area contributed by atoms with Gasteiger partial charge in [0, 0.05) is 8.95 Å². The number of hydrogen-bond acceptors (Lipinski definition) is 5. The molecule has 0 aliphatic heterocycles. The van der Waals surface area contributed by atoms with Gasteiger partial charge in [0.25, 0.3) is 0 Å². The van der Waals surface area contributed by atoms with E-state index in [9.17, 15) is 13.2 Å². The predicted octanol–water partition coefficient (Wildman–Crippen LogP) is 4.44. The van der Waals surface area contributed by atoms with Gasteiger partial charge in [0.05, 0.1) is 11.3 Å². The van der Waals surface area contributed by atoms with Gasteiger partial charge in [-0.1, -0.05) is 0 Å². The molecule has 11 heteroatoms. The third-order valence-electron chi connectivity index (χ3n) is 2.69. The van der Waals surface area contributed by atoms with E-state index in [0.29, 0.717) is 11.8 Å². The number of halogens is 5. The molecule has 0 saturated heterocycles. The molecule has 23 heavy (non-hydrogen) atoms. The number of nitrogens with zero attached hydrogens (tertiary/aromatic N) is 4. The molecule has 2 rings (SSSR count). The standard InChI is InChI=1S/C12H4Br2F3N5S/c13-6-1-5(12(15,16)17)2-7(14)9(6)22-11(20)10(23-4-19)8(3-18)21-22/h1-2H,20H2. The van der Waals surface area contributed by atoms with Crippen molar-refractivity contribution >= 4 is 49.4 Å². The molecule has 1 aromatic heterocycles. The lowest BCUT2D eigenvalue weighted by molar-refractivity contribution is -0.137. The first-order valence-electron chi connectivity index (χ1n) is 5.61. The summed E-state index contributed by atoms with van der Waals surface area (Å²) in [5.74, 6) is -0.0192. The van der Waals surface area contributed by atoms with Gasteiger partial charge < -0.3 is 5.73 Å². The van der Waals surface area contributed by atoms with Crippen molar-refractivity contribution in [3.63, 3.8) is 0 Å². The smallest absolute Gasteiger partial charge is 0.383 e. The Balaban J connectivity index is 2.70. The van der Waals surface area contributed by atoms with E-state index < -0.39 is 11.7 Å². The number of rotatable bonds is 2. The van der Waals surface area contributed by atoms with Crippen LogP contribution in [0.15, 0.2) is 26.0 Å². The minimum absolute atomic E-state index is 0.0192. The topological polar surface area (TPSA) is 91.4 Å². The van der Waals surface area contributed by atoms with E-state index in [1.807, 2.05) is 0 Å². The molecule has 1 aromatic carbocycles. The summed E-state index contributed by atoms with van der Waals surface area (Å²) in [6.45, 7) is 0. The van der Waals surface area contributed by atoms with E-state index in [1.165, 1.54) is 0 Å². The molecule has 0 amide bonds. The zero-order valence-electron chi connectivity index (χ0n) is 10.8. The maximum Gasteiger partial charge on any atom is 0.416 e. The minimum Gasteiger partial charge on any atom is -0.383 e. The highest BCUT2D eigenvalue weighted by Gasteiger charge is 2.32. The third kappa shape index (κ3) is 3.32. The largest absolute Gasteiger partial charge is 0.416 e. The van der Waals surface area contributed by atoms with Crippen molar-refractivity contribution in [2.75, 3.05) is 5.73 Å². The van der Waals surface area contributed by atoms with Crippen LogP contribution in [-0.4, -0.2) is 9.78 Å². The fourth-order valence-corrected chi connectivity index (χ4v) is 3.73. The van der Waals surface area contributed by atoms with E-state index in [0.717, 1.165) is 16.8 Å². The summed E-state index contributed by atoms with van der Waals surface area (Å²) in [6, 6.07) is 3.55. The number of hydrogen-bond donors (Lipinski definition) is 1. The molecule has 118 valence electrons. The van der Waals surface area contributed by atoms with Crippen molar-refractivity contribution in [3.05, 3.63) is 32.3 Å². The minimum atomic E-state index is -4.52. The fourth-order valence-electron chi connectivity index (χ4n) is 1.74. The maximum absolute atomic E-state index is 12.8. The highest BCUT2D eigenvalue weighted by Crippen LogP contribution is 2.40. The average molecular weight is 467 g/mol. The van der Waals surface area contributed by atoms with Gasteiger partial charge in [0.15, 0.2) is 5.69 Å². The molecule has 0 aliphatic carbocycles. The number of alkyl halides is 3. The first-order valence-corrected chi connectivity index (χ1v) is 8.02. The van der Waals surface area contributed by atoms with Crippen LogP contribution >= 0.6 is 43.6 Å². The molecule has 1 heterocycles. The Labute approximate surface area is 149 Å². The first-order chi connectivity index (χ1) is 10.7. The fraction of sp³-hybridized carbons (Fsp3) is 0.0833. The molecule has 5 nitrogen and oxygen atoms in total. The summed E-state index contributed by atoms with van der Waals surface area (Å²) in [6.07, 6.45) is -4.52. The maximum atomic E-state index is 12.8. The summed E-state index contributed by atoms with van der Waals surface area (Å²) in [7, 11) is 0. The Morgan fingerprint density at radius 1 is 1.22 bits per heavy atom. The lowest BCUT2D eigenvalue weighted by Crippen LogP contribution is -2.08. The van der Waals surface area contributed by atoms with E-state index in [4.69, 9.17) is 16.3 Å². The van der Waals surface area contributed by atoms with Gasteiger partial charge in [-0.25, -0.2) is 4.68 Å². The van der Waals surface area contributed by atoms with Crippen LogP contribution in [0.25, 0.3) is 5.69 Å². The summed E-state index contributed by atoms with van der Waals surface area (Å²) in [5, 5.41) is 23.5. The molecular weight excluding hydrogens is 463 g/mol. The summed E-state index contributed by atoms with van der Waals surface area (Å²) >= 11 is 6.76. The van der Waals surface area contributed by atoms with Gasteiger partial charge in [-0.05, 0) is 55.8 Å². The number of thioether (sulfide) groups is 1. The molecule has 0 atom stereocenters. The second-order valence-corrected chi connectivity index (χ2v) is 6.57. The summed E-state index contributed by atoms with van der Waals surface area (Å²) < 4.78 is 39.7. The van der Waals surface area contributed by atoms with Crippen LogP contribution in [0.3, 0.4) is 0 Å². The average Bonchev–Trinajstić information content (AvgIpc) is 2.75. The zero-order valence-corrected chi connectivity index (χ0v) is 14.8. The molecule has 0 radical (unpaired) electrons. The molecule has 2 N–H and O–H groups in total. The number of nitrogen functional groups attached to an aromatic ring is 1. The van der Waals surface area contributed by atoms with Crippen molar-refractivity contribution in [2.45, 2.75) is 11.1 Å². The Morgan fingerprint density at radius 3 is 2.22 bits per heavy atom. The van der Waals surface area contributed by atoms with Crippen LogP contribution in [0.4, 0.5) is 19.0 Å². The van der Waals surface area contributed by atoms with Crippen LogP contribution in [0.2, 0.25) is 0 Å². The lowest BCUT2D eigenvalue weighted by Gasteiger charge is -2.13. The number of nitriles is 2. The van der Waals surface area contributed by atoms with Gasteiger partial charge in [-0.3, -0.25) is 0 Å².